The lowest BCUT2D eigenvalue weighted by Gasteiger charge is -2.23. The number of amides is 1. The molecule has 1 N–H and O–H groups in total. The van der Waals surface area contributed by atoms with Gasteiger partial charge < -0.3 is 24.3 Å². The van der Waals surface area contributed by atoms with Crippen molar-refractivity contribution in [1.29, 1.82) is 0 Å². The molecule has 2 aliphatic rings. The van der Waals surface area contributed by atoms with Gasteiger partial charge >= 0.3 is 0 Å². The molecule has 1 atom stereocenters. The van der Waals surface area contributed by atoms with Crippen LogP contribution in [0.4, 0.5) is 0 Å². The molecule has 0 saturated carbocycles. The second-order valence-electron chi connectivity index (χ2n) is 8.81. The van der Waals surface area contributed by atoms with Crippen molar-refractivity contribution in [2.45, 2.75) is 38.6 Å². The van der Waals surface area contributed by atoms with E-state index in [-0.39, 0.29) is 11.9 Å². The van der Waals surface area contributed by atoms with E-state index in [1.54, 1.807) is 0 Å². The fourth-order valence-electron chi connectivity index (χ4n) is 4.55. The Balaban J connectivity index is 1.43. The van der Waals surface area contributed by atoms with Crippen LogP contribution in [-0.4, -0.2) is 32.3 Å². The van der Waals surface area contributed by atoms with Crippen molar-refractivity contribution in [3.63, 3.8) is 0 Å². The maximum Gasteiger partial charge on any atom is 0.252 e. The molecule has 182 valence electrons. The maximum atomic E-state index is 13.6. The molecule has 2 heterocycles. The van der Waals surface area contributed by atoms with E-state index < -0.39 is 0 Å². The number of ether oxygens (including phenoxy) is 4. The molecular weight excluding hydrogens is 442 g/mol. The first kappa shape index (κ1) is 23.1. The van der Waals surface area contributed by atoms with Crippen LogP contribution in [0.3, 0.4) is 0 Å². The lowest BCUT2D eigenvalue weighted by molar-refractivity contribution is 0.0932. The Morgan fingerprint density at radius 1 is 0.829 bits per heavy atom. The van der Waals surface area contributed by atoms with Crippen molar-refractivity contribution in [2.24, 2.45) is 0 Å². The van der Waals surface area contributed by atoms with Crippen molar-refractivity contribution in [2.75, 3.05) is 26.4 Å². The average Bonchev–Trinajstić information content (AvgIpc) is 3.15. The minimum atomic E-state index is -0.197. The summed E-state index contributed by atoms with van der Waals surface area (Å²) >= 11 is 0. The molecule has 1 unspecified atom stereocenters. The fourth-order valence-corrected chi connectivity index (χ4v) is 4.55. The zero-order valence-corrected chi connectivity index (χ0v) is 20.0. The molecule has 0 fully saturated rings. The molecule has 35 heavy (non-hydrogen) atoms. The van der Waals surface area contributed by atoms with Crippen molar-refractivity contribution in [3.8, 4) is 23.0 Å². The SMILES string of the molecule is CCc1cc2c(cc1C(=O)NC(CCc1ccccc1)c1ccc3c(c1)OCCCO3)OCCO2. The van der Waals surface area contributed by atoms with Gasteiger partial charge in [-0.2, -0.15) is 0 Å². The van der Waals surface area contributed by atoms with Gasteiger partial charge in [0.2, 0.25) is 0 Å². The molecule has 5 rings (SSSR count). The highest BCUT2D eigenvalue weighted by Gasteiger charge is 2.23. The molecule has 6 heteroatoms. The lowest BCUT2D eigenvalue weighted by atomic mass is 9.97. The molecule has 0 aromatic heterocycles. The van der Waals surface area contributed by atoms with Gasteiger partial charge in [-0.15, -0.1) is 0 Å². The highest BCUT2D eigenvalue weighted by atomic mass is 16.6. The van der Waals surface area contributed by atoms with Gasteiger partial charge in [-0.25, -0.2) is 0 Å². The smallest absolute Gasteiger partial charge is 0.252 e. The monoisotopic (exact) mass is 473 g/mol. The summed E-state index contributed by atoms with van der Waals surface area (Å²) < 4.78 is 23.2. The third-order valence-corrected chi connectivity index (χ3v) is 6.44. The van der Waals surface area contributed by atoms with Gasteiger partial charge in [0, 0.05) is 12.0 Å². The van der Waals surface area contributed by atoms with Crippen LogP contribution < -0.4 is 24.3 Å². The lowest BCUT2D eigenvalue weighted by Crippen LogP contribution is -2.30. The van der Waals surface area contributed by atoms with Crippen molar-refractivity contribution in [3.05, 3.63) is 82.9 Å². The molecule has 3 aromatic rings. The summed E-state index contributed by atoms with van der Waals surface area (Å²) in [5.74, 6) is 2.68. The Bertz CT molecular complexity index is 1180. The number of rotatable bonds is 7. The Labute approximate surface area is 206 Å². The topological polar surface area (TPSA) is 66.0 Å². The molecule has 3 aromatic carbocycles. The summed E-state index contributed by atoms with van der Waals surface area (Å²) in [6.07, 6.45) is 3.16. The first-order valence-corrected chi connectivity index (χ1v) is 12.4. The van der Waals surface area contributed by atoms with Crippen LogP contribution in [-0.2, 0) is 12.8 Å². The number of nitrogens with one attached hydrogen (secondary N) is 1. The second kappa shape index (κ2) is 10.7. The van der Waals surface area contributed by atoms with Gasteiger partial charge in [0.15, 0.2) is 23.0 Å². The maximum absolute atomic E-state index is 13.6. The highest BCUT2D eigenvalue weighted by Crippen LogP contribution is 2.35. The molecule has 2 aliphatic heterocycles. The van der Waals surface area contributed by atoms with Crippen LogP contribution in [0.1, 0.15) is 52.9 Å². The van der Waals surface area contributed by atoms with Crippen molar-refractivity contribution < 1.29 is 23.7 Å². The summed E-state index contributed by atoms with van der Waals surface area (Å²) in [5, 5.41) is 3.29. The Morgan fingerprint density at radius 3 is 2.29 bits per heavy atom. The fraction of sp³-hybridized carbons (Fsp3) is 0.345. The molecule has 0 aliphatic carbocycles. The number of benzene rings is 3. The average molecular weight is 474 g/mol. The largest absolute Gasteiger partial charge is 0.490 e. The minimum absolute atomic E-state index is 0.121. The van der Waals surface area contributed by atoms with Crippen molar-refractivity contribution >= 4 is 5.91 Å². The number of aryl methyl sites for hydroxylation is 2. The third kappa shape index (κ3) is 5.37. The second-order valence-corrected chi connectivity index (χ2v) is 8.81. The van der Waals surface area contributed by atoms with Gasteiger partial charge in [0.05, 0.1) is 19.3 Å². The third-order valence-electron chi connectivity index (χ3n) is 6.44. The number of hydrogen-bond donors (Lipinski definition) is 1. The van der Waals surface area contributed by atoms with Crippen LogP contribution in [0.5, 0.6) is 23.0 Å². The van der Waals surface area contributed by atoms with Gasteiger partial charge in [-0.3, -0.25) is 4.79 Å². The van der Waals surface area contributed by atoms with Crippen LogP contribution in [0.15, 0.2) is 60.7 Å². The summed E-state index contributed by atoms with van der Waals surface area (Å²) in [4.78, 5) is 13.6. The van der Waals surface area contributed by atoms with E-state index in [2.05, 4.69) is 17.4 Å². The van der Waals surface area contributed by atoms with Crippen LogP contribution in [0.2, 0.25) is 0 Å². The van der Waals surface area contributed by atoms with Gasteiger partial charge in [0.25, 0.3) is 5.91 Å². The predicted octanol–water partition coefficient (Wildman–Crippen LogP) is 5.29. The van der Waals surface area contributed by atoms with E-state index in [4.69, 9.17) is 18.9 Å². The normalized spacial score (nSPS) is 15.1. The first-order chi connectivity index (χ1) is 17.2. The number of carbonyl (C=O) groups excluding carboxylic acids is 1. The molecule has 0 spiro atoms. The van der Waals surface area contributed by atoms with E-state index in [9.17, 15) is 4.79 Å². The Hall–Kier alpha value is -3.67. The van der Waals surface area contributed by atoms with E-state index in [1.165, 1.54) is 5.56 Å². The van der Waals surface area contributed by atoms with E-state index in [0.29, 0.717) is 43.5 Å². The molecule has 0 bridgehead atoms. The number of fused-ring (bicyclic) bond motifs is 2. The molecule has 1 amide bonds. The zero-order chi connectivity index (χ0) is 24.0. The van der Waals surface area contributed by atoms with Crippen LogP contribution in [0, 0.1) is 0 Å². The zero-order valence-electron chi connectivity index (χ0n) is 20.0. The van der Waals surface area contributed by atoms with Crippen molar-refractivity contribution in [1.82, 2.24) is 5.32 Å². The number of hydrogen-bond acceptors (Lipinski definition) is 5. The van der Waals surface area contributed by atoms with Crippen LogP contribution in [0.25, 0.3) is 0 Å². The quantitative estimate of drug-likeness (QED) is 0.505. The molecule has 0 saturated heterocycles. The van der Waals surface area contributed by atoms with Gasteiger partial charge in [-0.05, 0) is 60.2 Å². The van der Waals surface area contributed by atoms with E-state index >= 15 is 0 Å². The molecule has 6 nitrogen and oxygen atoms in total. The van der Waals surface area contributed by atoms with Gasteiger partial charge in [0.1, 0.15) is 13.2 Å². The molecular formula is C29H31NO5. The van der Waals surface area contributed by atoms with E-state index in [0.717, 1.165) is 48.3 Å². The standard InChI is InChI=1S/C29H31NO5/c1-2-21-17-27-28(35-16-15-34-27)19-23(21)29(31)30-24(11-9-20-7-4-3-5-8-20)22-10-12-25-26(18-22)33-14-6-13-32-25/h3-5,7-8,10,12,17-19,24H,2,6,9,11,13-16H2,1H3,(H,30,31). The summed E-state index contributed by atoms with van der Waals surface area (Å²) in [6.45, 7) is 4.31. The highest BCUT2D eigenvalue weighted by molar-refractivity contribution is 5.96. The van der Waals surface area contributed by atoms with Crippen LogP contribution >= 0.6 is 0 Å². The van der Waals surface area contributed by atoms with Gasteiger partial charge in [-0.1, -0.05) is 43.3 Å². The predicted molar refractivity (Wildman–Crippen MR) is 134 cm³/mol. The molecule has 0 radical (unpaired) electrons. The summed E-state index contributed by atoms with van der Waals surface area (Å²) in [7, 11) is 0. The Morgan fingerprint density at radius 2 is 1.51 bits per heavy atom. The number of carbonyl (C=O) groups is 1. The Kier molecular flexibility index (Phi) is 7.07. The van der Waals surface area contributed by atoms with E-state index in [1.807, 2.05) is 55.5 Å². The summed E-state index contributed by atoms with van der Waals surface area (Å²) in [6, 6.07) is 19.8. The summed E-state index contributed by atoms with van der Waals surface area (Å²) in [5.41, 5.74) is 3.78. The minimum Gasteiger partial charge on any atom is -0.490 e. The first-order valence-electron chi connectivity index (χ1n) is 12.4.